The van der Waals surface area contributed by atoms with Gasteiger partial charge in [0.2, 0.25) is 0 Å². The summed E-state index contributed by atoms with van der Waals surface area (Å²) in [6.45, 7) is 2.72. The highest BCUT2D eigenvalue weighted by atomic mass is 16.5. The van der Waals surface area contributed by atoms with Crippen molar-refractivity contribution in [2.24, 2.45) is 5.92 Å². The van der Waals surface area contributed by atoms with Crippen LogP contribution < -0.4 is 5.73 Å². The normalized spacial score (nSPS) is 25.7. The summed E-state index contributed by atoms with van der Waals surface area (Å²) in [5.41, 5.74) is 6.72. The van der Waals surface area contributed by atoms with Crippen molar-refractivity contribution in [1.29, 1.82) is 0 Å². The molecule has 1 saturated carbocycles. The first kappa shape index (κ1) is 18.5. The molecule has 0 radical (unpaired) electrons. The molecule has 1 unspecified atom stereocenters. The molecule has 10 heteroatoms. The zero-order chi connectivity index (χ0) is 18.7. The number of anilines is 1. The van der Waals surface area contributed by atoms with Gasteiger partial charge in [0.25, 0.3) is 0 Å². The first-order valence-electron chi connectivity index (χ1n) is 8.55. The van der Waals surface area contributed by atoms with E-state index in [1.807, 2.05) is 6.92 Å². The van der Waals surface area contributed by atoms with Gasteiger partial charge in [-0.15, -0.1) is 0 Å². The zero-order valence-electron chi connectivity index (χ0n) is 14.5. The van der Waals surface area contributed by atoms with Gasteiger partial charge in [0.1, 0.15) is 17.9 Å². The molecule has 0 bridgehead atoms. The third-order valence-corrected chi connectivity index (χ3v) is 4.63. The van der Waals surface area contributed by atoms with Crippen LogP contribution >= 0.6 is 0 Å². The Labute approximate surface area is 150 Å². The third kappa shape index (κ3) is 3.62. The summed E-state index contributed by atoms with van der Waals surface area (Å²) in [6.07, 6.45) is 1.37. The molecule has 142 valence electrons. The van der Waals surface area contributed by atoms with E-state index in [2.05, 4.69) is 15.0 Å². The number of hydrogen-bond acceptors (Lipinski definition) is 9. The number of aliphatic hydroxyl groups is 2. The molecule has 0 amide bonds. The highest BCUT2D eigenvalue weighted by Crippen LogP contribution is 2.37. The molecule has 0 aliphatic heterocycles. The molecule has 4 N–H and O–H groups in total. The maximum atomic E-state index is 11.7. The number of nitrogens with two attached hydrogens (primary N) is 1. The second-order valence-corrected chi connectivity index (χ2v) is 6.26. The molecule has 0 saturated heterocycles. The average molecular weight is 365 g/mol. The monoisotopic (exact) mass is 365 g/mol. The number of fused-ring (bicyclic) bond motifs is 1. The number of aliphatic hydroxyl groups excluding tert-OH is 2. The van der Waals surface area contributed by atoms with Crippen LogP contribution in [0.3, 0.4) is 0 Å². The predicted octanol–water partition coefficient (Wildman–Crippen LogP) is -0.339. The van der Waals surface area contributed by atoms with Gasteiger partial charge in [-0.25, -0.2) is 15.0 Å². The number of nitrogen functional groups attached to an aromatic ring is 1. The summed E-state index contributed by atoms with van der Waals surface area (Å²) in [4.78, 5) is 23.9. The van der Waals surface area contributed by atoms with Gasteiger partial charge < -0.3 is 30.0 Å². The highest BCUT2D eigenvalue weighted by molar-refractivity contribution is 5.81. The summed E-state index contributed by atoms with van der Waals surface area (Å²) in [5.74, 6) is -0.526. The number of ether oxygens (including phenoxy) is 2. The summed E-state index contributed by atoms with van der Waals surface area (Å²) >= 11 is 0. The minimum absolute atomic E-state index is 0.0312. The number of hydrogen-bond donors (Lipinski definition) is 3. The lowest BCUT2D eigenvalue weighted by Crippen LogP contribution is -2.31. The van der Waals surface area contributed by atoms with Gasteiger partial charge in [-0.2, -0.15) is 0 Å². The van der Waals surface area contributed by atoms with Crippen molar-refractivity contribution in [3.05, 3.63) is 12.7 Å². The number of imidazole rings is 1. The number of nitrogens with zero attached hydrogens (tertiary/aromatic N) is 4. The van der Waals surface area contributed by atoms with Gasteiger partial charge in [0, 0.05) is 12.5 Å². The lowest BCUT2D eigenvalue weighted by molar-refractivity contribution is -0.147. The van der Waals surface area contributed by atoms with Gasteiger partial charge in [0.15, 0.2) is 11.5 Å². The summed E-state index contributed by atoms with van der Waals surface area (Å²) in [7, 11) is 0. The van der Waals surface area contributed by atoms with E-state index in [0.29, 0.717) is 30.8 Å². The molecule has 4 atom stereocenters. The molecule has 0 aromatic carbocycles. The summed E-state index contributed by atoms with van der Waals surface area (Å²) in [5, 5.41) is 20.8. The fourth-order valence-corrected chi connectivity index (χ4v) is 3.22. The SMILES string of the molecule is CCOCCC(=O)OC[C@H]1CC(n2cnc3c(N)ncnc32)[C@@H](O)[C@@H]1O. The molecule has 1 aliphatic carbocycles. The van der Waals surface area contributed by atoms with Crippen LogP contribution in [0.5, 0.6) is 0 Å². The van der Waals surface area contributed by atoms with Gasteiger partial charge >= 0.3 is 5.97 Å². The van der Waals surface area contributed by atoms with Crippen molar-refractivity contribution in [3.8, 4) is 0 Å². The Balaban J connectivity index is 1.66. The fourth-order valence-electron chi connectivity index (χ4n) is 3.22. The molecule has 1 aliphatic rings. The Morgan fingerprint density at radius 3 is 2.92 bits per heavy atom. The van der Waals surface area contributed by atoms with Crippen molar-refractivity contribution in [2.75, 3.05) is 25.6 Å². The largest absolute Gasteiger partial charge is 0.465 e. The average Bonchev–Trinajstić information content (AvgIpc) is 3.17. The van der Waals surface area contributed by atoms with E-state index >= 15 is 0 Å². The van der Waals surface area contributed by atoms with E-state index in [0.717, 1.165) is 0 Å². The van der Waals surface area contributed by atoms with E-state index in [1.54, 1.807) is 4.57 Å². The maximum Gasteiger partial charge on any atom is 0.308 e. The van der Waals surface area contributed by atoms with E-state index in [1.165, 1.54) is 12.7 Å². The van der Waals surface area contributed by atoms with Crippen LogP contribution in [-0.2, 0) is 14.3 Å². The van der Waals surface area contributed by atoms with Crippen LogP contribution in [0.15, 0.2) is 12.7 Å². The third-order valence-electron chi connectivity index (χ3n) is 4.63. The topological polar surface area (TPSA) is 146 Å². The molecule has 10 nitrogen and oxygen atoms in total. The van der Waals surface area contributed by atoms with E-state index in [-0.39, 0.29) is 24.8 Å². The Kier molecular flexibility index (Phi) is 5.64. The smallest absolute Gasteiger partial charge is 0.308 e. The Hall–Kier alpha value is -2.30. The van der Waals surface area contributed by atoms with Gasteiger partial charge in [0.05, 0.1) is 38.1 Å². The molecule has 3 rings (SSSR count). The Morgan fingerprint density at radius 1 is 1.35 bits per heavy atom. The predicted molar refractivity (Wildman–Crippen MR) is 91.0 cm³/mol. The first-order chi connectivity index (χ1) is 12.5. The Bertz CT molecular complexity index is 767. The molecule has 26 heavy (non-hydrogen) atoms. The molecule has 2 heterocycles. The molecule has 2 aromatic heterocycles. The quantitative estimate of drug-likeness (QED) is 0.443. The standard InChI is InChI=1S/C16H23N5O5/c1-2-25-4-3-11(22)26-6-9-5-10(14(24)13(9)23)21-8-20-12-15(17)18-7-19-16(12)21/h7-10,13-14,23-24H,2-6H2,1H3,(H2,17,18,19)/t9-,10?,13-,14-/m1/s1. The van der Waals surface area contributed by atoms with E-state index in [9.17, 15) is 15.0 Å². The molecule has 0 spiro atoms. The highest BCUT2D eigenvalue weighted by Gasteiger charge is 2.43. The minimum Gasteiger partial charge on any atom is -0.465 e. The lowest BCUT2D eigenvalue weighted by Gasteiger charge is -2.18. The van der Waals surface area contributed by atoms with Crippen LogP contribution in [0, 0.1) is 5.92 Å². The number of esters is 1. The summed E-state index contributed by atoms with van der Waals surface area (Å²) in [6, 6.07) is -0.448. The molecule has 2 aromatic rings. The van der Waals surface area contributed by atoms with Crippen LogP contribution in [0.25, 0.3) is 11.2 Å². The summed E-state index contributed by atoms with van der Waals surface area (Å²) < 4.78 is 12.0. The van der Waals surface area contributed by atoms with Crippen LogP contribution in [-0.4, -0.2) is 67.7 Å². The minimum atomic E-state index is -1.03. The van der Waals surface area contributed by atoms with Gasteiger partial charge in [-0.3, -0.25) is 4.79 Å². The molecular formula is C16H23N5O5. The number of aromatic nitrogens is 4. The van der Waals surface area contributed by atoms with Crippen LogP contribution in [0.4, 0.5) is 5.82 Å². The van der Waals surface area contributed by atoms with Crippen molar-refractivity contribution < 1.29 is 24.5 Å². The number of carbonyl (C=O) groups excluding carboxylic acids is 1. The fraction of sp³-hybridized carbons (Fsp3) is 0.625. The van der Waals surface area contributed by atoms with Crippen LogP contribution in [0.1, 0.15) is 25.8 Å². The van der Waals surface area contributed by atoms with E-state index < -0.39 is 24.2 Å². The Morgan fingerprint density at radius 2 is 2.15 bits per heavy atom. The van der Waals surface area contributed by atoms with Gasteiger partial charge in [-0.05, 0) is 13.3 Å². The lowest BCUT2D eigenvalue weighted by atomic mass is 10.1. The second-order valence-electron chi connectivity index (χ2n) is 6.26. The van der Waals surface area contributed by atoms with Crippen molar-refractivity contribution in [2.45, 2.75) is 38.0 Å². The second kappa shape index (κ2) is 7.94. The maximum absolute atomic E-state index is 11.7. The van der Waals surface area contributed by atoms with Crippen LogP contribution in [0.2, 0.25) is 0 Å². The van der Waals surface area contributed by atoms with E-state index in [4.69, 9.17) is 15.2 Å². The van der Waals surface area contributed by atoms with Crippen molar-refractivity contribution in [1.82, 2.24) is 19.5 Å². The number of carbonyl (C=O) groups is 1. The molecular weight excluding hydrogens is 342 g/mol. The van der Waals surface area contributed by atoms with Gasteiger partial charge in [-0.1, -0.05) is 0 Å². The van der Waals surface area contributed by atoms with Crippen molar-refractivity contribution in [3.63, 3.8) is 0 Å². The number of rotatable bonds is 7. The zero-order valence-corrected chi connectivity index (χ0v) is 14.5. The molecule has 1 fully saturated rings. The first-order valence-corrected chi connectivity index (χ1v) is 8.55. The van der Waals surface area contributed by atoms with Crippen molar-refractivity contribution >= 4 is 23.0 Å².